The second-order valence-electron chi connectivity index (χ2n) is 4.13. The van der Waals surface area contributed by atoms with E-state index >= 15 is 0 Å². The van der Waals surface area contributed by atoms with Crippen LogP contribution in [0.3, 0.4) is 0 Å². The lowest BCUT2D eigenvalue weighted by molar-refractivity contribution is -0.137. The normalized spacial score (nSPS) is 11.4. The van der Waals surface area contributed by atoms with Crippen LogP contribution in [0.25, 0.3) is 5.69 Å². The summed E-state index contributed by atoms with van der Waals surface area (Å²) in [6, 6.07) is 3.37. The first kappa shape index (κ1) is 15.0. The Morgan fingerprint density at radius 3 is 2.43 bits per heavy atom. The van der Waals surface area contributed by atoms with Crippen molar-refractivity contribution in [2.24, 2.45) is 11.5 Å². The van der Waals surface area contributed by atoms with Crippen LogP contribution in [0.15, 0.2) is 30.6 Å². The third-order valence-electron chi connectivity index (χ3n) is 2.71. The van der Waals surface area contributed by atoms with Gasteiger partial charge in [-0.25, -0.2) is 4.68 Å². The molecule has 0 bridgehead atoms. The van der Waals surface area contributed by atoms with E-state index in [-0.39, 0.29) is 21.8 Å². The molecule has 0 radical (unpaired) electrons. The first-order chi connectivity index (χ1) is 9.70. The molecule has 4 N–H and O–H groups in total. The topological polar surface area (TPSA) is 86.9 Å². The number of rotatable bonds is 3. The van der Waals surface area contributed by atoms with E-state index in [9.17, 15) is 18.0 Å². The van der Waals surface area contributed by atoms with E-state index in [0.29, 0.717) is 0 Å². The quantitative estimate of drug-likeness (QED) is 0.843. The number of carbonyl (C=O) groups is 1. The molecule has 1 amide bonds. The second kappa shape index (κ2) is 5.17. The molecule has 0 spiro atoms. The number of aromatic nitrogens is 2. The summed E-state index contributed by atoms with van der Waals surface area (Å²) in [5.74, 6) is -0.725. The van der Waals surface area contributed by atoms with Crippen LogP contribution in [0.2, 0.25) is 0 Å². The van der Waals surface area contributed by atoms with Gasteiger partial charge >= 0.3 is 6.18 Å². The number of hydrogen-bond donors (Lipinski definition) is 2. The molecule has 0 aliphatic carbocycles. The average molecular weight is 314 g/mol. The van der Waals surface area contributed by atoms with Crippen molar-refractivity contribution < 1.29 is 18.0 Å². The van der Waals surface area contributed by atoms with Gasteiger partial charge in [-0.1, -0.05) is 12.2 Å². The minimum atomic E-state index is -4.62. The maximum absolute atomic E-state index is 13.0. The third kappa shape index (κ3) is 3.02. The summed E-state index contributed by atoms with van der Waals surface area (Å²) in [7, 11) is 0. The van der Waals surface area contributed by atoms with Gasteiger partial charge in [0.05, 0.1) is 23.0 Å². The van der Waals surface area contributed by atoms with Gasteiger partial charge < -0.3 is 11.5 Å². The molecule has 1 aromatic carbocycles. The SMILES string of the molecule is NC(=O)c1cnn(-c2ccc(C(N)=S)c(C(F)(F)F)c2)c1. The number of halogens is 3. The lowest BCUT2D eigenvalue weighted by Crippen LogP contribution is -2.18. The van der Waals surface area contributed by atoms with E-state index in [1.807, 2.05) is 0 Å². The Hall–Kier alpha value is -2.42. The summed E-state index contributed by atoms with van der Waals surface area (Å²) in [5.41, 5.74) is 9.30. The molecule has 0 aliphatic heterocycles. The molecule has 5 nitrogen and oxygen atoms in total. The van der Waals surface area contributed by atoms with Gasteiger partial charge in [-0.3, -0.25) is 4.79 Å². The number of amides is 1. The Morgan fingerprint density at radius 1 is 1.29 bits per heavy atom. The largest absolute Gasteiger partial charge is 0.417 e. The van der Waals surface area contributed by atoms with Crippen molar-refractivity contribution >= 4 is 23.1 Å². The van der Waals surface area contributed by atoms with Crippen LogP contribution >= 0.6 is 12.2 Å². The number of nitrogens with zero attached hydrogens (tertiary/aromatic N) is 2. The molecule has 21 heavy (non-hydrogen) atoms. The van der Waals surface area contributed by atoms with Crippen molar-refractivity contribution in [3.8, 4) is 5.69 Å². The Morgan fingerprint density at radius 2 is 1.95 bits per heavy atom. The fourth-order valence-corrected chi connectivity index (χ4v) is 1.89. The molecule has 0 saturated carbocycles. The predicted octanol–water partition coefficient (Wildman–Crippen LogP) is 1.62. The minimum Gasteiger partial charge on any atom is -0.389 e. The highest BCUT2D eigenvalue weighted by molar-refractivity contribution is 7.80. The van der Waals surface area contributed by atoms with E-state index in [2.05, 4.69) is 17.3 Å². The molecule has 0 saturated heterocycles. The van der Waals surface area contributed by atoms with Crippen molar-refractivity contribution in [2.45, 2.75) is 6.18 Å². The van der Waals surface area contributed by atoms with Crippen LogP contribution in [0.1, 0.15) is 21.5 Å². The van der Waals surface area contributed by atoms with Crippen LogP contribution < -0.4 is 11.5 Å². The van der Waals surface area contributed by atoms with Crippen LogP contribution in [0.4, 0.5) is 13.2 Å². The number of alkyl halides is 3. The fourth-order valence-electron chi connectivity index (χ4n) is 1.72. The van der Waals surface area contributed by atoms with E-state index in [0.717, 1.165) is 23.0 Å². The molecular weight excluding hydrogens is 305 g/mol. The summed E-state index contributed by atoms with van der Waals surface area (Å²) < 4.78 is 40.2. The van der Waals surface area contributed by atoms with Crippen LogP contribution in [-0.4, -0.2) is 20.7 Å². The first-order valence-electron chi connectivity index (χ1n) is 5.56. The van der Waals surface area contributed by atoms with Crippen molar-refractivity contribution in [3.63, 3.8) is 0 Å². The van der Waals surface area contributed by atoms with Crippen molar-refractivity contribution in [2.75, 3.05) is 0 Å². The standard InChI is InChI=1S/C12H9F3N4OS/c13-12(14,15)9-3-7(1-2-8(9)11(17)21)19-5-6(4-18-19)10(16)20/h1-5H,(H2,16,20)(H2,17,21). The molecule has 110 valence electrons. The first-order valence-corrected chi connectivity index (χ1v) is 5.97. The molecule has 0 unspecified atom stereocenters. The maximum atomic E-state index is 13.0. The molecule has 0 atom stereocenters. The van der Waals surface area contributed by atoms with Gasteiger partial charge in [0.1, 0.15) is 4.99 Å². The Bertz CT molecular complexity index is 724. The monoisotopic (exact) mass is 314 g/mol. The summed E-state index contributed by atoms with van der Waals surface area (Å²) in [6.07, 6.45) is -2.22. The zero-order chi connectivity index (χ0) is 15.8. The highest BCUT2D eigenvalue weighted by Crippen LogP contribution is 2.33. The van der Waals surface area contributed by atoms with Gasteiger partial charge in [0, 0.05) is 11.8 Å². The average Bonchev–Trinajstić information content (AvgIpc) is 2.86. The minimum absolute atomic E-state index is 0.0852. The van der Waals surface area contributed by atoms with Gasteiger partial charge in [0.25, 0.3) is 5.91 Å². The van der Waals surface area contributed by atoms with Crippen molar-refractivity contribution in [3.05, 3.63) is 47.3 Å². The Kier molecular flexibility index (Phi) is 3.69. The molecule has 1 heterocycles. The van der Waals surface area contributed by atoms with Crippen LogP contribution in [0.5, 0.6) is 0 Å². The number of thiocarbonyl (C=S) groups is 1. The van der Waals surface area contributed by atoms with Gasteiger partial charge in [0.2, 0.25) is 0 Å². The molecular formula is C12H9F3N4OS. The highest BCUT2D eigenvalue weighted by atomic mass is 32.1. The summed E-state index contributed by atoms with van der Waals surface area (Å²) in [6.45, 7) is 0. The molecule has 2 rings (SSSR count). The smallest absolute Gasteiger partial charge is 0.389 e. The van der Waals surface area contributed by atoms with Gasteiger partial charge in [-0.2, -0.15) is 18.3 Å². The molecule has 0 fully saturated rings. The zero-order valence-corrected chi connectivity index (χ0v) is 11.2. The highest BCUT2D eigenvalue weighted by Gasteiger charge is 2.34. The fraction of sp³-hybridized carbons (Fsp3) is 0.0833. The zero-order valence-electron chi connectivity index (χ0n) is 10.4. The Labute approximate surface area is 122 Å². The summed E-state index contributed by atoms with van der Waals surface area (Å²) in [4.78, 5) is 10.6. The number of nitrogens with two attached hydrogens (primary N) is 2. The second-order valence-corrected chi connectivity index (χ2v) is 4.57. The van der Waals surface area contributed by atoms with Gasteiger partial charge in [0.15, 0.2) is 0 Å². The van der Waals surface area contributed by atoms with E-state index in [4.69, 9.17) is 11.5 Å². The molecule has 9 heteroatoms. The molecule has 2 aromatic rings. The third-order valence-corrected chi connectivity index (χ3v) is 2.93. The van der Waals surface area contributed by atoms with E-state index < -0.39 is 17.6 Å². The van der Waals surface area contributed by atoms with Crippen molar-refractivity contribution in [1.29, 1.82) is 0 Å². The number of carbonyl (C=O) groups excluding carboxylic acids is 1. The van der Waals surface area contributed by atoms with E-state index in [1.54, 1.807) is 0 Å². The van der Waals surface area contributed by atoms with Gasteiger partial charge in [-0.05, 0) is 18.2 Å². The lowest BCUT2D eigenvalue weighted by atomic mass is 10.1. The number of primary amides is 1. The number of hydrogen-bond acceptors (Lipinski definition) is 3. The van der Waals surface area contributed by atoms with Crippen molar-refractivity contribution in [1.82, 2.24) is 9.78 Å². The predicted molar refractivity (Wildman–Crippen MR) is 73.0 cm³/mol. The maximum Gasteiger partial charge on any atom is 0.417 e. The molecule has 1 aromatic heterocycles. The molecule has 0 aliphatic rings. The Balaban J connectivity index is 2.56. The summed E-state index contributed by atoms with van der Waals surface area (Å²) in [5, 5.41) is 3.79. The lowest BCUT2D eigenvalue weighted by Gasteiger charge is -2.13. The number of benzene rings is 1. The van der Waals surface area contributed by atoms with Crippen LogP contribution in [0, 0.1) is 0 Å². The summed E-state index contributed by atoms with van der Waals surface area (Å²) >= 11 is 4.61. The van der Waals surface area contributed by atoms with Crippen LogP contribution in [-0.2, 0) is 6.18 Å². The van der Waals surface area contributed by atoms with E-state index in [1.165, 1.54) is 12.3 Å². The van der Waals surface area contributed by atoms with Gasteiger partial charge in [-0.15, -0.1) is 0 Å².